The molecule has 0 aromatic carbocycles. The molecule has 6 nitrogen and oxygen atoms in total. The number of hydrogen-bond acceptors (Lipinski definition) is 6. The summed E-state index contributed by atoms with van der Waals surface area (Å²) in [6.07, 6.45) is 60.3. The fraction of sp³-hybridized carbons (Fsp3) is 0.877. The van der Waals surface area contributed by atoms with E-state index in [2.05, 4.69) is 45.1 Å². The van der Waals surface area contributed by atoms with E-state index in [1.54, 1.807) is 0 Å². The lowest BCUT2D eigenvalue weighted by Crippen LogP contribution is -2.30. The molecule has 0 aromatic rings. The SMILES string of the molecule is CCC/C=C\CCCCCCCC(=O)OCC(COC(=O)CCCCCCCCC/C=C\CCCCCCCCC)OC(=O)CCCCCCCCCCCCCCCCCCC. The van der Waals surface area contributed by atoms with Gasteiger partial charge in [-0.05, 0) is 64.2 Å². The van der Waals surface area contributed by atoms with Gasteiger partial charge < -0.3 is 14.2 Å². The molecular weight excluding hydrogens is 781 g/mol. The largest absolute Gasteiger partial charge is 0.462 e. The van der Waals surface area contributed by atoms with Crippen LogP contribution in [0, 0.1) is 0 Å². The molecule has 0 aliphatic carbocycles. The number of carbonyl (C=O) groups is 3. The molecule has 0 amide bonds. The van der Waals surface area contributed by atoms with E-state index in [0.29, 0.717) is 19.3 Å². The third kappa shape index (κ3) is 50.7. The van der Waals surface area contributed by atoms with Crippen molar-refractivity contribution < 1.29 is 28.6 Å². The number of unbranched alkanes of at least 4 members (excludes halogenated alkanes) is 36. The first-order valence-electron chi connectivity index (χ1n) is 27.8. The maximum absolute atomic E-state index is 12.8. The van der Waals surface area contributed by atoms with Crippen LogP contribution < -0.4 is 0 Å². The summed E-state index contributed by atoms with van der Waals surface area (Å²) in [4.78, 5) is 38.0. The highest BCUT2D eigenvalue weighted by Gasteiger charge is 2.19. The van der Waals surface area contributed by atoms with Crippen LogP contribution in [0.4, 0.5) is 0 Å². The van der Waals surface area contributed by atoms with Gasteiger partial charge in [0, 0.05) is 19.3 Å². The molecule has 0 heterocycles. The minimum absolute atomic E-state index is 0.0723. The number of ether oxygens (including phenoxy) is 3. The Labute approximate surface area is 392 Å². The van der Waals surface area contributed by atoms with Crippen LogP contribution in [0.1, 0.15) is 303 Å². The average molecular weight is 887 g/mol. The normalized spacial score (nSPS) is 12.1. The second-order valence-corrected chi connectivity index (χ2v) is 18.8. The fourth-order valence-electron chi connectivity index (χ4n) is 8.21. The highest BCUT2D eigenvalue weighted by molar-refractivity contribution is 5.71. The van der Waals surface area contributed by atoms with Gasteiger partial charge in [-0.25, -0.2) is 0 Å². The van der Waals surface area contributed by atoms with E-state index in [4.69, 9.17) is 14.2 Å². The van der Waals surface area contributed by atoms with Crippen molar-refractivity contribution in [1.29, 1.82) is 0 Å². The van der Waals surface area contributed by atoms with E-state index in [1.165, 1.54) is 193 Å². The molecule has 6 heteroatoms. The van der Waals surface area contributed by atoms with Gasteiger partial charge in [-0.1, -0.05) is 244 Å². The molecule has 370 valence electrons. The van der Waals surface area contributed by atoms with Crippen molar-refractivity contribution in [2.75, 3.05) is 13.2 Å². The summed E-state index contributed by atoms with van der Waals surface area (Å²) in [5.41, 5.74) is 0. The van der Waals surface area contributed by atoms with E-state index in [9.17, 15) is 14.4 Å². The van der Waals surface area contributed by atoms with Crippen LogP contribution in [0.25, 0.3) is 0 Å². The van der Waals surface area contributed by atoms with Crippen LogP contribution in [0.15, 0.2) is 24.3 Å². The van der Waals surface area contributed by atoms with Gasteiger partial charge in [-0.3, -0.25) is 14.4 Å². The zero-order valence-corrected chi connectivity index (χ0v) is 42.4. The summed E-state index contributed by atoms with van der Waals surface area (Å²) in [6.45, 7) is 6.61. The Morgan fingerprint density at radius 3 is 0.857 bits per heavy atom. The monoisotopic (exact) mass is 887 g/mol. The van der Waals surface area contributed by atoms with Gasteiger partial charge in [-0.2, -0.15) is 0 Å². The van der Waals surface area contributed by atoms with Crippen LogP contribution in [0.2, 0.25) is 0 Å². The molecule has 0 N–H and O–H groups in total. The number of esters is 3. The minimum atomic E-state index is -0.771. The second-order valence-electron chi connectivity index (χ2n) is 18.8. The van der Waals surface area contributed by atoms with Gasteiger partial charge in [-0.15, -0.1) is 0 Å². The van der Waals surface area contributed by atoms with Crippen LogP contribution in [-0.2, 0) is 28.6 Å². The number of carbonyl (C=O) groups excluding carboxylic acids is 3. The molecule has 0 aliphatic rings. The van der Waals surface area contributed by atoms with Gasteiger partial charge in [0.15, 0.2) is 6.10 Å². The first-order valence-corrected chi connectivity index (χ1v) is 27.8. The van der Waals surface area contributed by atoms with Gasteiger partial charge >= 0.3 is 17.9 Å². The third-order valence-electron chi connectivity index (χ3n) is 12.4. The molecule has 0 aliphatic heterocycles. The zero-order valence-electron chi connectivity index (χ0n) is 42.4. The van der Waals surface area contributed by atoms with Crippen molar-refractivity contribution in [2.24, 2.45) is 0 Å². The van der Waals surface area contributed by atoms with E-state index in [-0.39, 0.29) is 31.1 Å². The molecule has 1 unspecified atom stereocenters. The minimum Gasteiger partial charge on any atom is -0.462 e. The standard InChI is InChI=1S/C57H106O6/c1-4-7-10-13-16-19-22-24-26-28-30-31-33-35-38-41-44-47-50-56(59)62-53-54(52-61-55(58)49-46-43-40-37-21-18-15-12-9-6-3)63-57(60)51-48-45-42-39-36-34-32-29-27-25-23-20-17-14-11-8-5-2/h12,15,26,28,54H,4-11,13-14,16-25,27,29-53H2,1-3H3/b15-12-,28-26-. The zero-order chi connectivity index (χ0) is 45.8. The Hall–Kier alpha value is -2.11. The second kappa shape index (κ2) is 52.5. The molecule has 0 rings (SSSR count). The molecular formula is C57H106O6. The van der Waals surface area contributed by atoms with Crippen molar-refractivity contribution in [1.82, 2.24) is 0 Å². The average Bonchev–Trinajstić information content (AvgIpc) is 3.28. The Morgan fingerprint density at radius 1 is 0.302 bits per heavy atom. The van der Waals surface area contributed by atoms with E-state index < -0.39 is 6.10 Å². The Bertz CT molecular complexity index is 1020. The van der Waals surface area contributed by atoms with Crippen molar-refractivity contribution in [3.8, 4) is 0 Å². The summed E-state index contributed by atoms with van der Waals surface area (Å²) in [5.74, 6) is -0.870. The first kappa shape index (κ1) is 60.9. The van der Waals surface area contributed by atoms with E-state index in [1.807, 2.05) is 0 Å². The van der Waals surface area contributed by atoms with Crippen LogP contribution >= 0.6 is 0 Å². The molecule has 63 heavy (non-hydrogen) atoms. The van der Waals surface area contributed by atoms with Crippen molar-refractivity contribution in [2.45, 2.75) is 309 Å². The maximum Gasteiger partial charge on any atom is 0.306 e. The third-order valence-corrected chi connectivity index (χ3v) is 12.4. The lowest BCUT2D eigenvalue weighted by Gasteiger charge is -2.18. The topological polar surface area (TPSA) is 78.9 Å². The predicted molar refractivity (Wildman–Crippen MR) is 270 cm³/mol. The van der Waals surface area contributed by atoms with E-state index in [0.717, 1.165) is 70.6 Å². The van der Waals surface area contributed by atoms with Crippen LogP contribution in [-0.4, -0.2) is 37.2 Å². The first-order chi connectivity index (χ1) is 31.0. The van der Waals surface area contributed by atoms with Crippen molar-refractivity contribution in [3.63, 3.8) is 0 Å². The van der Waals surface area contributed by atoms with E-state index >= 15 is 0 Å². The Morgan fingerprint density at radius 2 is 0.556 bits per heavy atom. The summed E-state index contributed by atoms with van der Waals surface area (Å²) in [5, 5.41) is 0. The fourth-order valence-corrected chi connectivity index (χ4v) is 8.21. The highest BCUT2D eigenvalue weighted by Crippen LogP contribution is 2.16. The molecule has 0 fully saturated rings. The number of allylic oxidation sites excluding steroid dienone is 4. The molecule has 0 spiro atoms. The molecule has 0 saturated heterocycles. The van der Waals surface area contributed by atoms with Crippen LogP contribution in [0.3, 0.4) is 0 Å². The van der Waals surface area contributed by atoms with Crippen molar-refractivity contribution in [3.05, 3.63) is 24.3 Å². The lowest BCUT2D eigenvalue weighted by atomic mass is 10.0. The van der Waals surface area contributed by atoms with Gasteiger partial charge in [0.05, 0.1) is 0 Å². The molecule has 0 radical (unpaired) electrons. The molecule has 0 saturated carbocycles. The van der Waals surface area contributed by atoms with Gasteiger partial charge in [0.25, 0.3) is 0 Å². The predicted octanol–water partition coefficient (Wildman–Crippen LogP) is 18.3. The molecule has 1 atom stereocenters. The molecule has 0 aromatic heterocycles. The molecule has 0 bridgehead atoms. The lowest BCUT2D eigenvalue weighted by molar-refractivity contribution is -0.167. The highest BCUT2D eigenvalue weighted by atomic mass is 16.6. The summed E-state index contributed by atoms with van der Waals surface area (Å²) < 4.78 is 16.8. The number of hydrogen-bond donors (Lipinski definition) is 0. The Balaban J connectivity index is 4.28. The van der Waals surface area contributed by atoms with Gasteiger partial charge in [0.1, 0.15) is 13.2 Å². The summed E-state index contributed by atoms with van der Waals surface area (Å²) >= 11 is 0. The van der Waals surface area contributed by atoms with Gasteiger partial charge in [0.2, 0.25) is 0 Å². The number of rotatable bonds is 51. The summed E-state index contributed by atoms with van der Waals surface area (Å²) in [6, 6.07) is 0. The van der Waals surface area contributed by atoms with Crippen molar-refractivity contribution >= 4 is 17.9 Å². The Kier molecular flexibility index (Phi) is 50.8. The quantitative estimate of drug-likeness (QED) is 0.0262. The maximum atomic E-state index is 12.8. The van der Waals surface area contributed by atoms with Crippen LogP contribution in [0.5, 0.6) is 0 Å². The summed E-state index contributed by atoms with van der Waals surface area (Å²) in [7, 11) is 0. The smallest absolute Gasteiger partial charge is 0.306 e.